The molecule has 17 heavy (non-hydrogen) atoms. The summed E-state index contributed by atoms with van der Waals surface area (Å²) in [5, 5.41) is 3.18. The maximum atomic E-state index is 11.2. The highest BCUT2D eigenvalue weighted by Crippen LogP contribution is 2.29. The van der Waals surface area contributed by atoms with Gasteiger partial charge in [-0.3, -0.25) is 4.79 Å². The lowest BCUT2D eigenvalue weighted by Crippen LogP contribution is -2.37. The highest BCUT2D eigenvalue weighted by molar-refractivity contribution is 6.31. The summed E-state index contributed by atoms with van der Waals surface area (Å²) in [6, 6.07) is 0. The van der Waals surface area contributed by atoms with Crippen LogP contribution < -0.4 is 15.8 Å². The molecule has 94 valence electrons. The molecule has 1 heterocycles. The summed E-state index contributed by atoms with van der Waals surface area (Å²) >= 11 is 5.83. The average Bonchev–Trinajstić information content (AvgIpc) is 2.26. The highest BCUT2D eigenvalue weighted by Gasteiger charge is 2.25. The molecule has 1 amide bonds. The first kappa shape index (κ1) is 13.5. The van der Waals surface area contributed by atoms with Crippen LogP contribution in [0.4, 0.5) is 5.82 Å². The van der Waals surface area contributed by atoms with Crippen molar-refractivity contribution in [1.29, 1.82) is 0 Å². The van der Waals surface area contributed by atoms with Gasteiger partial charge in [-0.1, -0.05) is 11.6 Å². The van der Waals surface area contributed by atoms with Crippen LogP contribution in [0.5, 0.6) is 5.75 Å². The number of primary amides is 1. The van der Waals surface area contributed by atoms with Crippen molar-refractivity contribution in [3.8, 4) is 5.75 Å². The fraction of sp³-hybridized carbons (Fsp3) is 0.500. The number of carbonyl (C=O) groups is 1. The maximum absolute atomic E-state index is 11.2. The molecule has 0 fully saturated rings. The maximum Gasteiger partial charge on any atom is 0.224 e. The number of amides is 1. The Hall–Kier alpha value is -1.56. The lowest BCUT2D eigenvalue weighted by Gasteiger charge is -2.21. The Kier molecular flexibility index (Phi) is 4.11. The number of nitrogens with one attached hydrogen (secondary N) is 1. The normalized spacial score (nSPS) is 11.1. The topological polar surface area (TPSA) is 90.1 Å². The Labute approximate surface area is 105 Å². The van der Waals surface area contributed by atoms with Gasteiger partial charge in [0.2, 0.25) is 5.91 Å². The number of carbonyl (C=O) groups excluding carboxylic acids is 1. The van der Waals surface area contributed by atoms with E-state index in [-0.39, 0.29) is 5.15 Å². The van der Waals surface area contributed by atoms with E-state index in [1.165, 1.54) is 13.4 Å². The fourth-order valence-corrected chi connectivity index (χ4v) is 1.26. The predicted molar refractivity (Wildman–Crippen MR) is 65.1 cm³/mol. The number of methoxy groups -OCH3 is 1. The molecule has 3 N–H and O–H groups in total. The van der Waals surface area contributed by atoms with E-state index in [4.69, 9.17) is 22.1 Å². The number of rotatable bonds is 5. The molecule has 0 aliphatic heterocycles. The van der Waals surface area contributed by atoms with Crippen LogP contribution in [0.2, 0.25) is 5.15 Å². The highest BCUT2D eigenvalue weighted by atomic mass is 35.5. The molecule has 0 atom stereocenters. The van der Waals surface area contributed by atoms with E-state index >= 15 is 0 Å². The van der Waals surface area contributed by atoms with Crippen LogP contribution in [-0.4, -0.2) is 29.5 Å². The second-order valence-corrected chi connectivity index (χ2v) is 4.51. The summed E-state index contributed by atoms with van der Waals surface area (Å²) in [6.45, 7) is 3.79. The van der Waals surface area contributed by atoms with Gasteiger partial charge >= 0.3 is 0 Å². The first-order chi connectivity index (χ1) is 7.88. The smallest absolute Gasteiger partial charge is 0.224 e. The van der Waals surface area contributed by atoms with E-state index < -0.39 is 11.3 Å². The quantitative estimate of drug-likeness (QED) is 0.771. The minimum absolute atomic E-state index is 0.210. The molecule has 7 heteroatoms. The van der Waals surface area contributed by atoms with E-state index in [1.807, 2.05) is 0 Å². The summed E-state index contributed by atoms with van der Waals surface area (Å²) in [6.07, 6.45) is 1.31. The van der Waals surface area contributed by atoms with E-state index in [0.717, 1.165) is 0 Å². The van der Waals surface area contributed by atoms with E-state index in [0.29, 0.717) is 18.1 Å². The molecular weight excluding hydrogens is 244 g/mol. The number of anilines is 1. The SMILES string of the molecule is COc1c(Cl)ncnc1NCC(C)(C)C(N)=O. The standard InChI is InChI=1S/C10H15ClN4O2/c1-10(2,9(12)16)4-13-8-6(17-3)7(11)14-5-15-8/h5H,4H2,1-3H3,(H2,12,16)(H,13,14,15). The molecule has 0 aliphatic carbocycles. The van der Waals surface area contributed by atoms with Crippen LogP contribution in [-0.2, 0) is 4.79 Å². The number of nitrogens with zero attached hydrogens (tertiary/aromatic N) is 2. The van der Waals surface area contributed by atoms with Crippen LogP contribution in [0.1, 0.15) is 13.8 Å². The Morgan fingerprint density at radius 3 is 2.76 bits per heavy atom. The number of ether oxygens (including phenoxy) is 1. The van der Waals surface area contributed by atoms with Gasteiger partial charge in [0, 0.05) is 6.54 Å². The summed E-state index contributed by atoms with van der Waals surface area (Å²) in [4.78, 5) is 18.9. The van der Waals surface area contributed by atoms with Crippen molar-refractivity contribution in [1.82, 2.24) is 9.97 Å². The first-order valence-electron chi connectivity index (χ1n) is 4.96. The largest absolute Gasteiger partial charge is 0.490 e. The molecule has 6 nitrogen and oxygen atoms in total. The zero-order valence-corrected chi connectivity index (χ0v) is 10.7. The molecule has 0 saturated carbocycles. The van der Waals surface area contributed by atoms with Crippen LogP contribution in [0.3, 0.4) is 0 Å². The Morgan fingerprint density at radius 1 is 1.59 bits per heavy atom. The van der Waals surface area contributed by atoms with Gasteiger partial charge in [0.05, 0.1) is 12.5 Å². The summed E-state index contributed by atoms with van der Waals surface area (Å²) < 4.78 is 5.07. The van der Waals surface area contributed by atoms with E-state index in [2.05, 4.69) is 15.3 Å². The van der Waals surface area contributed by atoms with Crippen molar-refractivity contribution >= 4 is 23.3 Å². The molecule has 0 radical (unpaired) electrons. The van der Waals surface area contributed by atoms with Crippen molar-refractivity contribution in [2.75, 3.05) is 19.0 Å². The van der Waals surface area contributed by atoms with E-state index in [1.54, 1.807) is 13.8 Å². The van der Waals surface area contributed by atoms with Gasteiger partial charge in [0.15, 0.2) is 16.7 Å². The van der Waals surface area contributed by atoms with Gasteiger partial charge in [0.1, 0.15) is 6.33 Å². The van der Waals surface area contributed by atoms with Crippen molar-refractivity contribution in [3.63, 3.8) is 0 Å². The summed E-state index contributed by atoms with van der Waals surface area (Å²) in [5.41, 5.74) is 4.57. The fourth-order valence-electron chi connectivity index (χ4n) is 1.05. The molecule has 1 rings (SSSR count). The number of halogens is 1. The molecule has 0 unspecified atom stereocenters. The molecule has 0 aromatic carbocycles. The molecule has 0 saturated heterocycles. The molecular formula is C10H15ClN4O2. The molecule has 1 aromatic heterocycles. The number of nitrogens with two attached hydrogens (primary N) is 1. The minimum Gasteiger partial charge on any atom is -0.490 e. The summed E-state index contributed by atoms with van der Waals surface area (Å²) in [7, 11) is 1.47. The van der Waals surface area contributed by atoms with Gasteiger partial charge < -0.3 is 15.8 Å². The van der Waals surface area contributed by atoms with Crippen LogP contribution in [0, 0.1) is 5.41 Å². The van der Waals surface area contributed by atoms with Crippen molar-refractivity contribution < 1.29 is 9.53 Å². The predicted octanol–water partition coefficient (Wildman–Crippen LogP) is 1.06. The summed E-state index contributed by atoms with van der Waals surface area (Å²) in [5.74, 6) is 0.375. The minimum atomic E-state index is -0.692. The molecule has 0 spiro atoms. The lowest BCUT2D eigenvalue weighted by atomic mass is 9.93. The zero-order chi connectivity index (χ0) is 13.1. The van der Waals surface area contributed by atoms with Gasteiger partial charge in [0.25, 0.3) is 0 Å². The van der Waals surface area contributed by atoms with Crippen LogP contribution >= 0.6 is 11.6 Å². The van der Waals surface area contributed by atoms with Gasteiger partial charge in [-0.15, -0.1) is 0 Å². The van der Waals surface area contributed by atoms with Crippen molar-refractivity contribution in [3.05, 3.63) is 11.5 Å². The van der Waals surface area contributed by atoms with Crippen molar-refractivity contribution in [2.45, 2.75) is 13.8 Å². The Morgan fingerprint density at radius 2 is 2.24 bits per heavy atom. The molecule has 1 aromatic rings. The van der Waals surface area contributed by atoms with Crippen molar-refractivity contribution in [2.24, 2.45) is 11.1 Å². The van der Waals surface area contributed by atoms with Gasteiger partial charge in [-0.2, -0.15) is 0 Å². The average molecular weight is 259 g/mol. The lowest BCUT2D eigenvalue weighted by molar-refractivity contribution is -0.125. The molecule has 0 aliphatic rings. The van der Waals surface area contributed by atoms with Gasteiger partial charge in [-0.05, 0) is 13.8 Å². The molecule has 0 bridgehead atoms. The Bertz CT molecular complexity index is 423. The Balaban J connectivity index is 2.83. The third-order valence-corrected chi connectivity index (χ3v) is 2.60. The second kappa shape index (κ2) is 5.18. The zero-order valence-electron chi connectivity index (χ0n) is 9.95. The monoisotopic (exact) mass is 258 g/mol. The first-order valence-corrected chi connectivity index (χ1v) is 5.34. The number of aromatic nitrogens is 2. The second-order valence-electron chi connectivity index (χ2n) is 4.15. The van der Waals surface area contributed by atoms with E-state index in [9.17, 15) is 4.79 Å². The van der Waals surface area contributed by atoms with Gasteiger partial charge in [-0.25, -0.2) is 9.97 Å². The third-order valence-electron chi connectivity index (χ3n) is 2.33. The van der Waals surface area contributed by atoms with Crippen LogP contribution in [0.25, 0.3) is 0 Å². The number of hydrogen-bond acceptors (Lipinski definition) is 5. The third kappa shape index (κ3) is 3.20. The number of hydrogen-bond donors (Lipinski definition) is 2. The van der Waals surface area contributed by atoms with Crippen LogP contribution in [0.15, 0.2) is 6.33 Å².